The highest BCUT2D eigenvalue weighted by Gasteiger charge is 2.14. The molecule has 0 saturated heterocycles. The summed E-state index contributed by atoms with van der Waals surface area (Å²) in [4.78, 5) is 9.75. The quantitative estimate of drug-likeness (QED) is 0.311. The minimum Gasteiger partial charge on any atom is -0.322 e. The molecule has 0 saturated carbocycles. The Morgan fingerprint density at radius 1 is 0.833 bits per heavy atom. The van der Waals surface area contributed by atoms with Gasteiger partial charge in [0.2, 0.25) is 5.82 Å². The number of benzene rings is 3. The summed E-state index contributed by atoms with van der Waals surface area (Å²) in [5.41, 5.74) is 8.43. The van der Waals surface area contributed by atoms with Crippen molar-refractivity contribution in [2.24, 2.45) is 0 Å². The van der Waals surface area contributed by atoms with Crippen molar-refractivity contribution in [2.75, 3.05) is 0 Å². The second-order valence-corrected chi connectivity index (χ2v) is 8.77. The fourth-order valence-corrected chi connectivity index (χ4v) is 4.61. The van der Waals surface area contributed by atoms with Gasteiger partial charge in [0.25, 0.3) is 0 Å². The number of aryl methyl sites for hydroxylation is 1. The molecule has 3 heterocycles. The summed E-state index contributed by atoms with van der Waals surface area (Å²) in [6.07, 6.45) is 3.92. The van der Waals surface area contributed by atoms with E-state index in [1.807, 2.05) is 42.6 Å². The van der Waals surface area contributed by atoms with Gasteiger partial charge < -0.3 is 4.57 Å². The maximum absolute atomic E-state index is 4.99. The van der Waals surface area contributed by atoms with E-state index in [0.717, 1.165) is 64.2 Å². The Morgan fingerprint density at radius 3 is 2.36 bits per heavy atom. The minimum absolute atomic E-state index is 0.589. The first-order valence-corrected chi connectivity index (χ1v) is 12.1. The van der Waals surface area contributed by atoms with E-state index >= 15 is 0 Å². The third-order valence-electron chi connectivity index (χ3n) is 6.38. The fourth-order valence-electron chi connectivity index (χ4n) is 4.61. The predicted octanol–water partition coefficient (Wildman–Crippen LogP) is 5.95. The van der Waals surface area contributed by atoms with Crippen molar-refractivity contribution in [2.45, 2.75) is 26.3 Å². The van der Waals surface area contributed by atoms with Gasteiger partial charge in [0, 0.05) is 24.1 Å². The van der Waals surface area contributed by atoms with Crippen LogP contribution in [0.3, 0.4) is 0 Å². The Balaban J connectivity index is 1.33. The van der Waals surface area contributed by atoms with Crippen LogP contribution in [-0.4, -0.2) is 35.2 Å². The average molecular weight is 472 g/mol. The average Bonchev–Trinajstić information content (AvgIpc) is 3.58. The molecule has 1 N–H and O–H groups in total. The van der Waals surface area contributed by atoms with Crippen molar-refractivity contribution in [3.05, 3.63) is 103 Å². The second-order valence-electron chi connectivity index (χ2n) is 8.77. The molecule has 7 nitrogen and oxygen atoms in total. The van der Waals surface area contributed by atoms with E-state index in [-0.39, 0.29) is 0 Å². The zero-order valence-corrected chi connectivity index (χ0v) is 20.0. The van der Waals surface area contributed by atoms with Gasteiger partial charge in [0.05, 0.1) is 22.9 Å². The molecule has 0 aliphatic rings. The Hall–Kier alpha value is -4.65. The number of nitrogens with one attached hydrogen (secondary N) is 1. The highest BCUT2D eigenvalue weighted by Crippen LogP contribution is 2.30. The Morgan fingerprint density at radius 2 is 1.61 bits per heavy atom. The van der Waals surface area contributed by atoms with Crippen LogP contribution in [0.25, 0.3) is 44.8 Å². The Kier molecular flexibility index (Phi) is 5.79. The smallest absolute Gasteiger partial charge is 0.205 e. The normalized spacial score (nSPS) is 11.2. The molecule has 0 aliphatic heterocycles. The highest BCUT2D eigenvalue weighted by atomic mass is 15.5. The lowest BCUT2D eigenvalue weighted by Gasteiger charge is -2.11. The Labute approximate surface area is 208 Å². The molecule has 0 spiro atoms. The molecule has 0 atom stereocenters. The lowest BCUT2D eigenvalue weighted by Crippen LogP contribution is -2.05. The number of aromatic nitrogens is 7. The van der Waals surface area contributed by atoms with Crippen molar-refractivity contribution < 1.29 is 0 Å². The number of imidazole rings is 1. The molecule has 3 aromatic carbocycles. The first-order chi connectivity index (χ1) is 17.8. The molecule has 176 valence electrons. The SMILES string of the molecule is CCCc1nc2cc(-c3ccccc3)ncc2n1Cc1ccc(-c2ccccc2-c2nn[nH]n2)cc1. The molecule has 0 unspecified atom stereocenters. The Bertz CT molecular complexity index is 1600. The van der Waals surface area contributed by atoms with Gasteiger partial charge in [-0.1, -0.05) is 85.8 Å². The monoisotopic (exact) mass is 471 g/mol. The van der Waals surface area contributed by atoms with Crippen molar-refractivity contribution in [1.29, 1.82) is 0 Å². The van der Waals surface area contributed by atoms with Crippen LogP contribution in [0.15, 0.2) is 91.1 Å². The lowest BCUT2D eigenvalue weighted by atomic mass is 9.98. The molecule has 6 aromatic rings. The van der Waals surface area contributed by atoms with Crippen LogP contribution in [0.4, 0.5) is 0 Å². The summed E-state index contributed by atoms with van der Waals surface area (Å²) in [6, 6.07) is 29.1. The number of hydrogen-bond donors (Lipinski definition) is 1. The topological polar surface area (TPSA) is 85.2 Å². The van der Waals surface area contributed by atoms with Crippen molar-refractivity contribution in [1.82, 2.24) is 35.2 Å². The number of pyridine rings is 1. The number of fused-ring (bicyclic) bond motifs is 1. The summed E-state index contributed by atoms with van der Waals surface area (Å²) in [5, 5.41) is 14.6. The molecule has 0 aliphatic carbocycles. The van der Waals surface area contributed by atoms with Gasteiger partial charge in [-0.3, -0.25) is 4.98 Å². The third kappa shape index (κ3) is 4.15. The fraction of sp³-hybridized carbons (Fsp3) is 0.138. The van der Waals surface area contributed by atoms with E-state index in [9.17, 15) is 0 Å². The van der Waals surface area contributed by atoms with Crippen LogP contribution in [-0.2, 0) is 13.0 Å². The van der Waals surface area contributed by atoms with Crippen LogP contribution in [0.1, 0.15) is 24.7 Å². The molecule has 6 rings (SSSR count). The predicted molar refractivity (Wildman–Crippen MR) is 141 cm³/mol. The maximum atomic E-state index is 4.99. The molecular formula is C29H25N7. The van der Waals surface area contributed by atoms with Gasteiger partial charge in [-0.05, 0) is 34.4 Å². The van der Waals surface area contributed by atoms with E-state index in [1.165, 1.54) is 5.56 Å². The third-order valence-corrected chi connectivity index (χ3v) is 6.38. The zero-order valence-electron chi connectivity index (χ0n) is 20.0. The van der Waals surface area contributed by atoms with Crippen molar-refractivity contribution >= 4 is 11.0 Å². The molecule has 0 amide bonds. The minimum atomic E-state index is 0.589. The summed E-state index contributed by atoms with van der Waals surface area (Å²) in [6.45, 7) is 2.93. The number of hydrogen-bond acceptors (Lipinski definition) is 5. The van der Waals surface area contributed by atoms with Gasteiger partial charge in [0.15, 0.2) is 0 Å². The number of aromatic amines is 1. The van der Waals surface area contributed by atoms with E-state index in [2.05, 4.69) is 80.6 Å². The summed E-state index contributed by atoms with van der Waals surface area (Å²) < 4.78 is 2.29. The van der Waals surface area contributed by atoms with Gasteiger partial charge in [-0.2, -0.15) is 5.21 Å². The van der Waals surface area contributed by atoms with E-state index in [4.69, 9.17) is 9.97 Å². The molecule has 0 bridgehead atoms. The molecular weight excluding hydrogens is 446 g/mol. The zero-order chi connectivity index (χ0) is 24.3. The van der Waals surface area contributed by atoms with Crippen LogP contribution in [0, 0.1) is 0 Å². The van der Waals surface area contributed by atoms with Crippen molar-refractivity contribution in [3.63, 3.8) is 0 Å². The molecule has 36 heavy (non-hydrogen) atoms. The lowest BCUT2D eigenvalue weighted by molar-refractivity contribution is 0.721. The van der Waals surface area contributed by atoms with Gasteiger partial charge in [-0.25, -0.2) is 4.98 Å². The van der Waals surface area contributed by atoms with E-state index in [1.54, 1.807) is 0 Å². The molecule has 0 fully saturated rings. The van der Waals surface area contributed by atoms with Crippen LogP contribution in [0.5, 0.6) is 0 Å². The second kappa shape index (κ2) is 9.54. The van der Waals surface area contributed by atoms with E-state index in [0.29, 0.717) is 5.82 Å². The number of nitrogens with zero attached hydrogens (tertiary/aromatic N) is 6. The van der Waals surface area contributed by atoms with Gasteiger partial charge in [-0.15, -0.1) is 10.2 Å². The van der Waals surface area contributed by atoms with Crippen LogP contribution < -0.4 is 0 Å². The maximum Gasteiger partial charge on any atom is 0.205 e. The van der Waals surface area contributed by atoms with E-state index < -0.39 is 0 Å². The summed E-state index contributed by atoms with van der Waals surface area (Å²) in [7, 11) is 0. The van der Waals surface area contributed by atoms with Crippen LogP contribution in [0.2, 0.25) is 0 Å². The summed E-state index contributed by atoms with van der Waals surface area (Å²) in [5.74, 6) is 1.68. The molecule has 0 radical (unpaired) electrons. The highest BCUT2D eigenvalue weighted by molar-refractivity contribution is 5.81. The number of tetrazole rings is 1. The van der Waals surface area contributed by atoms with Crippen LogP contribution >= 0.6 is 0 Å². The standard InChI is InChI=1S/C29H25N7/c1-2-8-28-31-26-17-25(22-9-4-3-5-10-22)30-18-27(26)36(28)19-20-13-15-21(16-14-20)23-11-6-7-12-24(23)29-32-34-35-33-29/h3-7,9-18H,2,8,19H2,1H3,(H,32,33,34,35). The van der Waals surface area contributed by atoms with Gasteiger partial charge >= 0.3 is 0 Å². The largest absolute Gasteiger partial charge is 0.322 e. The first-order valence-electron chi connectivity index (χ1n) is 12.1. The number of H-pyrrole nitrogens is 1. The summed E-state index contributed by atoms with van der Waals surface area (Å²) >= 11 is 0. The molecule has 7 heteroatoms. The number of rotatable bonds is 7. The van der Waals surface area contributed by atoms with Gasteiger partial charge in [0.1, 0.15) is 5.82 Å². The van der Waals surface area contributed by atoms with Crippen molar-refractivity contribution in [3.8, 4) is 33.8 Å². The molecule has 3 aromatic heterocycles. The first kappa shape index (κ1) is 21.9.